The van der Waals surface area contributed by atoms with Gasteiger partial charge in [0, 0.05) is 0 Å². The molecule has 2 aromatic carbocycles. The fraction of sp³-hybridized carbons (Fsp3) is 0.316. The highest BCUT2D eigenvalue weighted by Gasteiger charge is 2.25. The van der Waals surface area contributed by atoms with Gasteiger partial charge >= 0.3 is 0 Å². The Morgan fingerprint density at radius 2 is 1.78 bits per heavy atom. The lowest BCUT2D eigenvalue weighted by atomic mass is 10.2. The lowest BCUT2D eigenvalue weighted by Crippen LogP contribution is -2.43. The largest absolute Gasteiger partial charge is 0.491 e. The van der Waals surface area contributed by atoms with Gasteiger partial charge in [-0.15, -0.1) is 0 Å². The first-order valence-corrected chi connectivity index (χ1v) is 10.2. The van der Waals surface area contributed by atoms with E-state index >= 15 is 0 Å². The fourth-order valence-electron chi connectivity index (χ4n) is 2.32. The van der Waals surface area contributed by atoms with E-state index in [2.05, 4.69) is 10.0 Å². The van der Waals surface area contributed by atoms with Crippen molar-refractivity contribution in [1.29, 1.82) is 0 Å². The second-order valence-electron chi connectivity index (χ2n) is 5.87. The topological polar surface area (TPSA) is 84.5 Å². The standard InChI is InChI=1S/C19H23FN2O4S/c1-3-13-26-18-8-6-5-7-17(18)21-19(23)16(4-2)22-27(24,25)15-11-9-14(20)10-12-15/h5-12,16,22H,3-4,13H2,1-2H3,(H,21,23). The van der Waals surface area contributed by atoms with Crippen molar-refractivity contribution >= 4 is 21.6 Å². The zero-order chi connectivity index (χ0) is 19.9. The van der Waals surface area contributed by atoms with Gasteiger partial charge < -0.3 is 10.1 Å². The highest BCUT2D eigenvalue weighted by molar-refractivity contribution is 7.89. The van der Waals surface area contributed by atoms with Crippen LogP contribution >= 0.6 is 0 Å². The molecule has 1 amide bonds. The van der Waals surface area contributed by atoms with Crippen LogP contribution in [0.3, 0.4) is 0 Å². The zero-order valence-electron chi connectivity index (χ0n) is 15.2. The second kappa shape index (κ2) is 9.48. The number of carbonyl (C=O) groups is 1. The molecule has 2 N–H and O–H groups in total. The lowest BCUT2D eigenvalue weighted by molar-refractivity contribution is -0.117. The molecular formula is C19H23FN2O4S. The second-order valence-corrected chi connectivity index (χ2v) is 7.58. The van der Waals surface area contributed by atoms with Crippen LogP contribution in [0.15, 0.2) is 53.4 Å². The summed E-state index contributed by atoms with van der Waals surface area (Å²) >= 11 is 0. The molecule has 0 fully saturated rings. The summed E-state index contributed by atoms with van der Waals surface area (Å²) in [5.41, 5.74) is 0.468. The fourth-order valence-corrected chi connectivity index (χ4v) is 3.60. The molecule has 0 aliphatic rings. The summed E-state index contributed by atoms with van der Waals surface area (Å²) in [6, 6.07) is 10.4. The van der Waals surface area contributed by atoms with Gasteiger partial charge in [-0.2, -0.15) is 4.72 Å². The van der Waals surface area contributed by atoms with Crippen LogP contribution in [0, 0.1) is 5.82 Å². The third-order valence-electron chi connectivity index (χ3n) is 3.75. The number of para-hydroxylation sites is 2. The summed E-state index contributed by atoms with van der Waals surface area (Å²) in [7, 11) is -3.96. The summed E-state index contributed by atoms with van der Waals surface area (Å²) in [6.07, 6.45) is 1.06. The Hall–Kier alpha value is -2.45. The van der Waals surface area contributed by atoms with Gasteiger partial charge in [-0.25, -0.2) is 12.8 Å². The van der Waals surface area contributed by atoms with Gasteiger partial charge in [0.25, 0.3) is 0 Å². The van der Waals surface area contributed by atoms with E-state index < -0.39 is 27.8 Å². The van der Waals surface area contributed by atoms with Crippen molar-refractivity contribution in [2.75, 3.05) is 11.9 Å². The highest BCUT2D eigenvalue weighted by atomic mass is 32.2. The van der Waals surface area contributed by atoms with E-state index in [1.54, 1.807) is 31.2 Å². The number of anilines is 1. The molecule has 0 aromatic heterocycles. The molecule has 0 aliphatic carbocycles. The van der Waals surface area contributed by atoms with Gasteiger partial charge in [-0.1, -0.05) is 26.0 Å². The minimum absolute atomic E-state index is 0.109. The monoisotopic (exact) mass is 394 g/mol. The van der Waals surface area contributed by atoms with E-state index in [4.69, 9.17) is 4.74 Å². The number of ether oxygens (including phenoxy) is 1. The molecule has 27 heavy (non-hydrogen) atoms. The first-order chi connectivity index (χ1) is 12.9. The normalized spacial score (nSPS) is 12.4. The maximum atomic E-state index is 13.0. The van der Waals surface area contributed by atoms with Crippen LogP contribution in [0.5, 0.6) is 5.75 Å². The minimum Gasteiger partial charge on any atom is -0.491 e. The average molecular weight is 394 g/mol. The summed E-state index contributed by atoms with van der Waals surface area (Å²) < 4.78 is 45.8. The number of hydrogen-bond donors (Lipinski definition) is 2. The van der Waals surface area contributed by atoms with Gasteiger partial charge in [0.05, 0.1) is 17.2 Å². The first kappa shape index (κ1) is 20.9. The number of carbonyl (C=O) groups excluding carboxylic acids is 1. The quantitative estimate of drug-likeness (QED) is 0.683. The van der Waals surface area contributed by atoms with E-state index in [1.165, 1.54) is 0 Å². The Bertz CT molecular complexity index is 870. The van der Waals surface area contributed by atoms with Gasteiger partial charge in [0.1, 0.15) is 17.6 Å². The van der Waals surface area contributed by atoms with Crippen LogP contribution in [0.4, 0.5) is 10.1 Å². The maximum Gasteiger partial charge on any atom is 0.242 e. The molecule has 0 radical (unpaired) electrons. The van der Waals surface area contributed by atoms with Crippen molar-refractivity contribution in [2.24, 2.45) is 0 Å². The third-order valence-corrected chi connectivity index (χ3v) is 5.24. The number of halogens is 1. The van der Waals surface area contributed by atoms with Crippen LogP contribution in [0.1, 0.15) is 26.7 Å². The van der Waals surface area contributed by atoms with E-state index in [1.807, 2.05) is 6.92 Å². The molecule has 0 aliphatic heterocycles. The van der Waals surface area contributed by atoms with Crippen molar-refractivity contribution in [3.63, 3.8) is 0 Å². The van der Waals surface area contributed by atoms with Crippen molar-refractivity contribution in [2.45, 2.75) is 37.6 Å². The van der Waals surface area contributed by atoms with Crippen LogP contribution in [0.2, 0.25) is 0 Å². The number of rotatable bonds is 9. The number of amides is 1. The Labute approximate surface area is 158 Å². The van der Waals surface area contributed by atoms with Crippen LogP contribution in [0.25, 0.3) is 0 Å². The molecule has 2 aromatic rings. The summed E-state index contributed by atoms with van der Waals surface area (Å²) in [4.78, 5) is 12.5. The Kier molecular flexibility index (Phi) is 7.32. The van der Waals surface area contributed by atoms with Crippen molar-refractivity contribution in [3.05, 3.63) is 54.3 Å². The van der Waals surface area contributed by atoms with Crippen molar-refractivity contribution < 1.29 is 22.3 Å². The number of nitrogens with one attached hydrogen (secondary N) is 2. The van der Waals surface area contributed by atoms with Gasteiger partial charge in [0.2, 0.25) is 15.9 Å². The van der Waals surface area contributed by atoms with Gasteiger partial charge in [0.15, 0.2) is 0 Å². The molecule has 2 rings (SSSR count). The van der Waals surface area contributed by atoms with E-state index in [-0.39, 0.29) is 11.3 Å². The molecule has 0 bridgehead atoms. The molecule has 6 nitrogen and oxygen atoms in total. The molecular weight excluding hydrogens is 371 g/mol. The molecule has 1 atom stereocenters. The number of hydrogen-bond acceptors (Lipinski definition) is 4. The molecule has 1 unspecified atom stereocenters. The summed E-state index contributed by atoms with van der Waals surface area (Å²) in [5, 5.41) is 2.70. The van der Waals surface area contributed by atoms with Crippen LogP contribution in [-0.4, -0.2) is 27.0 Å². The Balaban J connectivity index is 2.13. The van der Waals surface area contributed by atoms with Gasteiger partial charge in [-0.3, -0.25) is 4.79 Å². The minimum atomic E-state index is -3.96. The molecule has 146 valence electrons. The summed E-state index contributed by atoms with van der Waals surface area (Å²) in [6.45, 7) is 4.16. The smallest absolute Gasteiger partial charge is 0.242 e. The number of sulfonamides is 1. The van der Waals surface area contributed by atoms with E-state index in [9.17, 15) is 17.6 Å². The van der Waals surface area contributed by atoms with Crippen molar-refractivity contribution in [3.8, 4) is 5.75 Å². The van der Waals surface area contributed by atoms with Crippen molar-refractivity contribution in [1.82, 2.24) is 4.72 Å². The van der Waals surface area contributed by atoms with Crippen LogP contribution in [-0.2, 0) is 14.8 Å². The highest BCUT2D eigenvalue weighted by Crippen LogP contribution is 2.24. The van der Waals surface area contributed by atoms with Crippen LogP contribution < -0.4 is 14.8 Å². The molecule has 0 saturated carbocycles. The maximum absolute atomic E-state index is 13.0. The average Bonchev–Trinajstić information content (AvgIpc) is 2.65. The Morgan fingerprint density at radius 1 is 1.11 bits per heavy atom. The van der Waals surface area contributed by atoms with E-state index in [0.29, 0.717) is 18.0 Å². The Morgan fingerprint density at radius 3 is 2.41 bits per heavy atom. The molecule has 0 heterocycles. The SMILES string of the molecule is CCCOc1ccccc1NC(=O)C(CC)NS(=O)(=O)c1ccc(F)cc1. The lowest BCUT2D eigenvalue weighted by Gasteiger charge is -2.18. The predicted molar refractivity (Wildman–Crippen MR) is 102 cm³/mol. The predicted octanol–water partition coefficient (Wildman–Crippen LogP) is 3.31. The first-order valence-electron chi connectivity index (χ1n) is 8.68. The molecule has 0 spiro atoms. The zero-order valence-corrected chi connectivity index (χ0v) is 16.1. The number of benzene rings is 2. The third kappa shape index (κ3) is 5.77. The van der Waals surface area contributed by atoms with Gasteiger partial charge in [-0.05, 0) is 49.2 Å². The molecule has 8 heteroatoms. The molecule has 0 saturated heterocycles. The van der Waals surface area contributed by atoms with E-state index in [0.717, 1.165) is 30.7 Å². The summed E-state index contributed by atoms with van der Waals surface area (Å²) in [5.74, 6) is -0.526.